The Morgan fingerprint density at radius 2 is 1.08 bits per heavy atom. The molecule has 8 rings (SSSR count). The fourth-order valence-corrected chi connectivity index (χ4v) is 6.92. The maximum atomic E-state index is 14.7. The molecule has 0 radical (unpaired) electrons. The molecule has 0 saturated carbocycles. The fourth-order valence-electron chi connectivity index (χ4n) is 6.92. The lowest BCUT2D eigenvalue weighted by Crippen LogP contribution is -2.09. The Bertz CT molecular complexity index is 2760. The van der Waals surface area contributed by atoms with E-state index in [1.807, 2.05) is 69.8 Å². The van der Waals surface area contributed by atoms with Crippen molar-refractivity contribution in [2.45, 2.75) is 6.18 Å². The van der Waals surface area contributed by atoms with Crippen molar-refractivity contribution in [1.82, 2.24) is 9.13 Å². The summed E-state index contributed by atoms with van der Waals surface area (Å²) in [5.41, 5.74) is 2.90. The van der Waals surface area contributed by atoms with Crippen LogP contribution in [0.2, 0.25) is 0 Å². The Morgan fingerprint density at radius 1 is 0.560 bits per heavy atom. The summed E-state index contributed by atoms with van der Waals surface area (Å²) in [6, 6.07) is 38.3. The molecule has 50 heavy (non-hydrogen) atoms. The van der Waals surface area contributed by atoms with Gasteiger partial charge in [0, 0.05) is 27.1 Å². The van der Waals surface area contributed by atoms with Gasteiger partial charge in [-0.1, -0.05) is 60.7 Å². The van der Waals surface area contributed by atoms with Crippen LogP contribution >= 0.6 is 0 Å². The predicted octanol–water partition coefficient (Wildman–Crippen LogP) is 10.7. The van der Waals surface area contributed by atoms with Crippen LogP contribution in [0.5, 0.6) is 0 Å². The third kappa shape index (κ3) is 4.47. The van der Waals surface area contributed by atoms with Gasteiger partial charge in [0.25, 0.3) is 0 Å². The molecule has 0 fully saturated rings. The van der Waals surface area contributed by atoms with Crippen molar-refractivity contribution in [3.05, 3.63) is 149 Å². The van der Waals surface area contributed by atoms with E-state index in [9.17, 15) is 29.0 Å². The smallest absolute Gasteiger partial charge is 0.309 e. The molecule has 6 nitrogen and oxygen atoms in total. The summed E-state index contributed by atoms with van der Waals surface area (Å²) < 4.78 is 47.8. The number of nitrogens with zero attached hydrogens (tertiary/aromatic N) is 6. The number of nitriles is 3. The molecule has 0 aliphatic rings. The average molecular weight is 653 g/mol. The molecule has 0 unspecified atom stereocenters. The molecule has 2 heterocycles. The summed E-state index contributed by atoms with van der Waals surface area (Å²) in [4.78, 5) is 3.62. The minimum Gasteiger partial charge on any atom is -0.309 e. The first kappa shape index (κ1) is 30.0. The summed E-state index contributed by atoms with van der Waals surface area (Å²) in [6.07, 6.45) is -4.80. The Hall–Kier alpha value is -7.33. The first-order valence-electron chi connectivity index (χ1n) is 15.3. The number of halogens is 3. The first-order valence-corrected chi connectivity index (χ1v) is 15.3. The van der Waals surface area contributed by atoms with Crippen LogP contribution in [0.15, 0.2) is 115 Å². The first-order chi connectivity index (χ1) is 24.2. The SMILES string of the molecule is [C-]#[N+]c1ccc2c3ccccc3n(-c3cc(-c4ccc(C#N)cc4C(F)(F)F)cc(-n4c5ccccc5c5ccc(C#N)cc54)c3C#N)c2c1. The van der Waals surface area contributed by atoms with Crippen LogP contribution in [0.1, 0.15) is 22.3 Å². The number of hydrogen-bond donors (Lipinski definition) is 0. The van der Waals surface area contributed by atoms with Crippen molar-refractivity contribution in [2.75, 3.05) is 0 Å². The van der Waals surface area contributed by atoms with Gasteiger partial charge in [-0.3, -0.25) is 0 Å². The summed E-state index contributed by atoms with van der Waals surface area (Å²) in [7, 11) is 0. The molecule has 0 atom stereocenters. The van der Waals surface area contributed by atoms with E-state index in [2.05, 4.69) is 17.0 Å². The van der Waals surface area contributed by atoms with E-state index in [-0.39, 0.29) is 22.3 Å². The molecule has 8 aromatic rings. The van der Waals surface area contributed by atoms with Gasteiger partial charge in [0.15, 0.2) is 5.69 Å². The van der Waals surface area contributed by atoms with Crippen LogP contribution < -0.4 is 0 Å². The molecule has 6 aromatic carbocycles. The minimum atomic E-state index is -4.80. The van der Waals surface area contributed by atoms with Gasteiger partial charge < -0.3 is 9.13 Å². The van der Waals surface area contributed by atoms with E-state index in [1.54, 1.807) is 42.5 Å². The van der Waals surface area contributed by atoms with Crippen LogP contribution in [0.25, 0.3) is 71.0 Å². The minimum absolute atomic E-state index is 0.143. The summed E-state index contributed by atoms with van der Waals surface area (Å²) in [5, 5.41) is 33.6. The van der Waals surface area contributed by atoms with Crippen LogP contribution in [0.4, 0.5) is 18.9 Å². The lowest BCUT2D eigenvalue weighted by atomic mass is 9.94. The average Bonchev–Trinajstić information content (AvgIpc) is 3.65. The second-order valence-corrected chi connectivity index (χ2v) is 11.7. The van der Waals surface area contributed by atoms with E-state index < -0.39 is 11.7 Å². The van der Waals surface area contributed by atoms with E-state index >= 15 is 0 Å². The molecule has 0 spiro atoms. The van der Waals surface area contributed by atoms with Gasteiger partial charge in [-0.2, -0.15) is 29.0 Å². The van der Waals surface area contributed by atoms with E-state index in [1.165, 1.54) is 12.1 Å². The van der Waals surface area contributed by atoms with E-state index in [4.69, 9.17) is 6.57 Å². The number of hydrogen-bond acceptors (Lipinski definition) is 3. The van der Waals surface area contributed by atoms with Crippen molar-refractivity contribution in [2.24, 2.45) is 0 Å². The van der Waals surface area contributed by atoms with Crippen LogP contribution in [-0.2, 0) is 6.18 Å². The monoisotopic (exact) mass is 652 g/mol. The third-order valence-electron chi connectivity index (χ3n) is 9.04. The Balaban J connectivity index is 1.60. The number of fused-ring (bicyclic) bond motifs is 6. The quantitative estimate of drug-likeness (QED) is 0.178. The zero-order valence-corrected chi connectivity index (χ0v) is 25.8. The van der Waals surface area contributed by atoms with Gasteiger partial charge >= 0.3 is 6.18 Å². The van der Waals surface area contributed by atoms with Crippen molar-refractivity contribution in [3.8, 4) is 40.7 Å². The zero-order chi connectivity index (χ0) is 34.7. The van der Waals surface area contributed by atoms with Gasteiger partial charge in [0.2, 0.25) is 0 Å². The summed E-state index contributed by atoms with van der Waals surface area (Å²) in [5.74, 6) is 0. The van der Waals surface area contributed by atoms with Gasteiger partial charge in [0.05, 0.1) is 63.3 Å². The maximum absolute atomic E-state index is 14.7. The molecule has 2 aromatic heterocycles. The van der Waals surface area contributed by atoms with Crippen molar-refractivity contribution in [1.29, 1.82) is 15.8 Å². The summed E-state index contributed by atoms with van der Waals surface area (Å²) >= 11 is 0. The largest absolute Gasteiger partial charge is 0.417 e. The highest BCUT2D eigenvalue weighted by Crippen LogP contribution is 2.43. The fraction of sp³-hybridized carbons (Fsp3) is 0.0244. The maximum Gasteiger partial charge on any atom is 0.417 e. The van der Waals surface area contributed by atoms with Gasteiger partial charge in [-0.25, -0.2) is 4.85 Å². The highest BCUT2D eigenvalue weighted by atomic mass is 19.4. The number of alkyl halides is 3. The molecule has 0 N–H and O–H groups in total. The molecule has 0 bridgehead atoms. The lowest BCUT2D eigenvalue weighted by Gasteiger charge is -2.20. The molecule has 0 amide bonds. The van der Waals surface area contributed by atoms with Crippen LogP contribution in [0, 0.1) is 40.6 Å². The molecule has 0 aliphatic carbocycles. The second-order valence-electron chi connectivity index (χ2n) is 11.7. The highest BCUT2D eigenvalue weighted by molar-refractivity contribution is 6.12. The number of rotatable bonds is 3. The molecule has 0 aliphatic heterocycles. The highest BCUT2D eigenvalue weighted by Gasteiger charge is 2.35. The zero-order valence-electron chi connectivity index (χ0n) is 25.8. The molecular formula is C41H19F3N6. The third-order valence-corrected chi connectivity index (χ3v) is 9.04. The second kappa shape index (κ2) is 11.1. The Morgan fingerprint density at radius 3 is 1.64 bits per heavy atom. The van der Waals surface area contributed by atoms with E-state index in [0.717, 1.165) is 27.6 Å². The van der Waals surface area contributed by atoms with Crippen molar-refractivity contribution in [3.63, 3.8) is 0 Å². The Labute approximate surface area is 282 Å². The predicted molar refractivity (Wildman–Crippen MR) is 186 cm³/mol. The standard InChI is InChI=1S/C41H19F3N6/c1-48-27-12-15-32-30-7-3-5-9-36(30)50(40(32)20-27)39-19-26(28-13-10-24(21-45)16-34(28)41(42,43)44)18-38(33(39)23-47)49-35-8-4-2-6-29(35)31-14-11-25(22-46)17-37(31)49/h2-20H. The number of aromatic nitrogens is 2. The lowest BCUT2D eigenvalue weighted by molar-refractivity contribution is -0.137. The molecular weight excluding hydrogens is 633 g/mol. The number of benzene rings is 6. The van der Waals surface area contributed by atoms with Gasteiger partial charge in [-0.15, -0.1) is 0 Å². The van der Waals surface area contributed by atoms with Crippen LogP contribution in [-0.4, -0.2) is 9.13 Å². The van der Waals surface area contributed by atoms with Gasteiger partial charge in [-0.05, 0) is 65.7 Å². The summed E-state index contributed by atoms with van der Waals surface area (Å²) in [6.45, 7) is 7.69. The number of para-hydroxylation sites is 2. The molecule has 234 valence electrons. The van der Waals surface area contributed by atoms with Crippen molar-refractivity contribution < 1.29 is 13.2 Å². The molecule has 0 saturated heterocycles. The van der Waals surface area contributed by atoms with E-state index in [0.29, 0.717) is 44.7 Å². The normalized spacial score (nSPS) is 11.4. The van der Waals surface area contributed by atoms with Gasteiger partial charge in [0.1, 0.15) is 11.6 Å². The topological polar surface area (TPSA) is 85.6 Å². The Kier molecular flexibility index (Phi) is 6.69. The van der Waals surface area contributed by atoms with Crippen LogP contribution in [0.3, 0.4) is 0 Å². The van der Waals surface area contributed by atoms with Crippen molar-refractivity contribution >= 4 is 49.3 Å². The molecule has 9 heteroatoms.